The zero-order valence-electron chi connectivity index (χ0n) is 11.6. The first-order valence-corrected chi connectivity index (χ1v) is 7.01. The van der Waals surface area contributed by atoms with Crippen LogP contribution in [-0.2, 0) is 6.61 Å². The van der Waals surface area contributed by atoms with E-state index >= 15 is 0 Å². The number of hydrogen-bond acceptors (Lipinski definition) is 4. The van der Waals surface area contributed by atoms with Crippen LogP contribution in [0.5, 0.6) is 11.5 Å². The van der Waals surface area contributed by atoms with Crippen LogP contribution < -0.4 is 9.47 Å². The van der Waals surface area contributed by atoms with Crippen LogP contribution in [0.4, 0.5) is 5.69 Å². The number of methoxy groups -OCH3 is 1. The van der Waals surface area contributed by atoms with Gasteiger partial charge in [0, 0.05) is 6.07 Å². The molecule has 0 saturated carbocycles. The summed E-state index contributed by atoms with van der Waals surface area (Å²) in [6, 6.07) is 10.5. The first-order valence-electron chi connectivity index (χ1n) is 6.21. The molecular formula is C15H14BrNO4. The molecule has 21 heavy (non-hydrogen) atoms. The van der Waals surface area contributed by atoms with Gasteiger partial charge in [0.25, 0.3) is 0 Å². The number of nitrogens with zero attached hydrogens (tertiary/aromatic N) is 1. The maximum atomic E-state index is 11.0. The Hall–Kier alpha value is -2.08. The zero-order chi connectivity index (χ0) is 15.4. The molecule has 110 valence electrons. The molecule has 0 aliphatic rings. The lowest BCUT2D eigenvalue weighted by atomic mass is 10.2. The van der Waals surface area contributed by atoms with Crippen molar-refractivity contribution in [2.45, 2.75) is 13.5 Å². The Morgan fingerprint density at radius 3 is 2.52 bits per heavy atom. The molecule has 0 N–H and O–H groups in total. The highest BCUT2D eigenvalue weighted by atomic mass is 79.9. The summed E-state index contributed by atoms with van der Waals surface area (Å²) >= 11 is 3.43. The molecule has 0 aromatic heterocycles. The number of benzene rings is 2. The third kappa shape index (κ3) is 3.72. The number of hydrogen-bond donors (Lipinski definition) is 0. The van der Waals surface area contributed by atoms with E-state index < -0.39 is 4.92 Å². The van der Waals surface area contributed by atoms with Gasteiger partial charge in [0.15, 0.2) is 5.75 Å². The maximum Gasteiger partial charge on any atom is 0.311 e. The molecule has 0 spiro atoms. The second kappa shape index (κ2) is 6.58. The third-order valence-electron chi connectivity index (χ3n) is 2.92. The Balaban J connectivity index is 2.16. The average molecular weight is 352 g/mol. The first kappa shape index (κ1) is 15.3. The minimum Gasteiger partial charge on any atom is -0.490 e. The van der Waals surface area contributed by atoms with Crippen molar-refractivity contribution in [3.05, 3.63) is 62.1 Å². The first-order chi connectivity index (χ1) is 10.0. The molecule has 5 nitrogen and oxygen atoms in total. The smallest absolute Gasteiger partial charge is 0.311 e. The van der Waals surface area contributed by atoms with E-state index in [1.807, 2.05) is 25.1 Å². The molecular weight excluding hydrogens is 338 g/mol. The second-order valence-corrected chi connectivity index (χ2v) is 5.34. The van der Waals surface area contributed by atoms with Gasteiger partial charge in [-0.1, -0.05) is 12.1 Å². The predicted molar refractivity (Wildman–Crippen MR) is 82.9 cm³/mol. The summed E-state index contributed by atoms with van der Waals surface area (Å²) in [6.07, 6.45) is 0. The van der Waals surface area contributed by atoms with Crippen molar-refractivity contribution in [1.29, 1.82) is 0 Å². The van der Waals surface area contributed by atoms with Crippen molar-refractivity contribution in [3.63, 3.8) is 0 Å². The molecule has 0 radical (unpaired) electrons. The molecule has 0 bridgehead atoms. The molecule has 2 rings (SSSR count). The van der Waals surface area contributed by atoms with E-state index in [1.165, 1.54) is 13.2 Å². The van der Waals surface area contributed by atoms with Gasteiger partial charge < -0.3 is 9.47 Å². The number of nitro groups is 1. The summed E-state index contributed by atoms with van der Waals surface area (Å²) in [5.41, 5.74) is 1.76. The highest BCUT2D eigenvalue weighted by Gasteiger charge is 2.15. The van der Waals surface area contributed by atoms with Gasteiger partial charge in [-0.2, -0.15) is 0 Å². The van der Waals surface area contributed by atoms with E-state index in [0.717, 1.165) is 10.0 Å². The second-order valence-electron chi connectivity index (χ2n) is 4.49. The number of ether oxygens (including phenoxy) is 2. The van der Waals surface area contributed by atoms with Gasteiger partial charge in [0.05, 0.1) is 16.5 Å². The van der Waals surface area contributed by atoms with Crippen molar-refractivity contribution >= 4 is 21.6 Å². The van der Waals surface area contributed by atoms with Gasteiger partial charge in [0.1, 0.15) is 12.4 Å². The summed E-state index contributed by atoms with van der Waals surface area (Å²) in [5, 5.41) is 11.0. The minimum absolute atomic E-state index is 0.0680. The van der Waals surface area contributed by atoms with Crippen LogP contribution in [0.25, 0.3) is 0 Å². The monoisotopic (exact) mass is 351 g/mol. The normalized spacial score (nSPS) is 10.2. The van der Waals surface area contributed by atoms with Crippen molar-refractivity contribution in [3.8, 4) is 11.5 Å². The number of nitro benzene ring substituents is 1. The van der Waals surface area contributed by atoms with Crippen LogP contribution in [0, 0.1) is 17.0 Å². The number of halogens is 1. The maximum absolute atomic E-state index is 11.0. The van der Waals surface area contributed by atoms with Crippen molar-refractivity contribution < 1.29 is 14.4 Å². The molecule has 0 unspecified atom stereocenters. The standard InChI is InChI=1S/C15H14BrNO4/c1-10-3-5-14(12(16)7-10)21-9-11-4-6-15(20-2)13(8-11)17(18)19/h3-8H,9H2,1-2H3. The fourth-order valence-electron chi connectivity index (χ4n) is 1.85. The van der Waals surface area contributed by atoms with Gasteiger partial charge in [-0.15, -0.1) is 0 Å². The molecule has 0 fully saturated rings. The van der Waals surface area contributed by atoms with E-state index in [0.29, 0.717) is 11.3 Å². The van der Waals surface area contributed by atoms with Gasteiger partial charge >= 0.3 is 5.69 Å². The lowest BCUT2D eigenvalue weighted by molar-refractivity contribution is -0.385. The highest BCUT2D eigenvalue weighted by molar-refractivity contribution is 9.10. The van der Waals surface area contributed by atoms with Crippen LogP contribution in [0.2, 0.25) is 0 Å². The van der Waals surface area contributed by atoms with Crippen LogP contribution in [0.1, 0.15) is 11.1 Å². The van der Waals surface area contributed by atoms with E-state index in [9.17, 15) is 10.1 Å². The summed E-state index contributed by atoms with van der Waals surface area (Å²) < 4.78 is 11.5. The summed E-state index contributed by atoms with van der Waals surface area (Å²) in [7, 11) is 1.40. The lowest BCUT2D eigenvalue weighted by Crippen LogP contribution is -1.99. The molecule has 0 heterocycles. The van der Waals surface area contributed by atoms with Gasteiger partial charge in [-0.25, -0.2) is 0 Å². The van der Waals surface area contributed by atoms with Crippen molar-refractivity contribution in [2.24, 2.45) is 0 Å². The summed E-state index contributed by atoms with van der Waals surface area (Å²) in [4.78, 5) is 10.5. The van der Waals surface area contributed by atoms with Gasteiger partial charge in [0.2, 0.25) is 0 Å². The number of rotatable bonds is 5. The molecule has 0 aliphatic heterocycles. The quantitative estimate of drug-likeness (QED) is 0.596. The zero-order valence-corrected chi connectivity index (χ0v) is 13.2. The molecule has 0 amide bonds. The predicted octanol–water partition coefficient (Wildman–Crippen LogP) is 4.25. The molecule has 6 heteroatoms. The fourth-order valence-corrected chi connectivity index (χ4v) is 2.46. The van der Waals surface area contributed by atoms with Crippen LogP contribution in [0.3, 0.4) is 0 Å². The molecule has 2 aromatic carbocycles. The van der Waals surface area contributed by atoms with Crippen molar-refractivity contribution in [1.82, 2.24) is 0 Å². The largest absolute Gasteiger partial charge is 0.490 e. The van der Waals surface area contributed by atoms with Crippen molar-refractivity contribution in [2.75, 3.05) is 7.11 Å². The summed E-state index contributed by atoms with van der Waals surface area (Å²) in [5.74, 6) is 0.930. The van der Waals surface area contributed by atoms with E-state index in [-0.39, 0.29) is 18.0 Å². The van der Waals surface area contributed by atoms with Crippen LogP contribution in [-0.4, -0.2) is 12.0 Å². The van der Waals surface area contributed by atoms with E-state index in [1.54, 1.807) is 12.1 Å². The molecule has 0 saturated heterocycles. The van der Waals surface area contributed by atoms with Crippen LogP contribution in [0.15, 0.2) is 40.9 Å². The minimum atomic E-state index is -0.468. The van der Waals surface area contributed by atoms with Gasteiger partial charge in [-0.05, 0) is 52.2 Å². The topological polar surface area (TPSA) is 61.6 Å². The Morgan fingerprint density at radius 1 is 1.19 bits per heavy atom. The average Bonchev–Trinajstić information content (AvgIpc) is 2.46. The highest BCUT2D eigenvalue weighted by Crippen LogP contribution is 2.29. The Morgan fingerprint density at radius 2 is 1.90 bits per heavy atom. The SMILES string of the molecule is COc1ccc(COc2ccc(C)cc2Br)cc1[N+](=O)[O-]. The van der Waals surface area contributed by atoms with E-state index in [2.05, 4.69) is 15.9 Å². The lowest BCUT2D eigenvalue weighted by Gasteiger charge is -2.09. The molecule has 0 aliphatic carbocycles. The number of aryl methyl sites for hydroxylation is 1. The Labute approximate surface area is 130 Å². The molecule has 0 atom stereocenters. The van der Waals surface area contributed by atoms with E-state index in [4.69, 9.17) is 9.47 Å². The summed E-state index contributed by atoms with van der Waals surface area (Å²) in [6.45, 7) is 2.23. The Bertz CT molecular complexity index is 673. The van der Waals surface area contributed by atoms with Crippen LogP contribution >= 0.6 is 15.9 Å². The fraction of sp³-hybridized carbons (Fsp3) is 0.200. The third-order valence-corrected chi connectivity index (χ3v) is 3.54. The van der Waals surface area contributed by atoms with Gasteiger partial charge in [-0.3, -0.25) is 10.1 Å². The molecule has 2 aromatic rings. The Kier molecular flexibility index (Phi) is 4.80.